The maximum Gasteiger partial charge on any atom is 0.324 e. The van der Waals surface area contributed by atoms with Crippen molar-refractivity contribution >= 4 is 17.9 Å². The number of carbonyl (C=O) groups is 2. The molecule has 0 radical (unpaired) electrons. The van der Waals surface area contributed by atoms with E-state index in [1.807, 2.05) is 6.92 Å². The van der Waals surface area contributed by atoms with E-state index < -0.39 is 0 Å². The fourth-order valence-corrected chi connectivity index (χ4v) is 3.34. The molecule has 2 fully saturated rings. The monoisotopic (exact) mass is 337 g/mol. The Hall–Kier alpha value is -1.79. The highest BCUT2D eigenvalue weighted by Crippen LogP contribution is 2.28. The lowest BCUT2D eigenvalue weighted by molar-refractivity contribution is -0.124. The number of hydrogen-bond acceptors (Lipinski definition) is 3. The van der Waals surface area contributed by atoms with Gasteiger partial charge in [-0.05, 0) is 19.3 Å². The van der Waals surface area contributed by atoms with Gasteiger partial charge in [0.2, 0.25) is 5.91 Å². The molecule has 136 valence electrons. The molecule has 0 unspecified atom stereocenters. The second-order valence-corrected chi connectivity index (χ2v) is 6.54. The van der Waals surface area contributed by atoms with Crippen LogP contribution in [0.1, 0.15) is 51.9 Å². The SMILES string of the molecule is CCNC(=NCCCCC1CCCC1)NCCN1C(=O)CNC1=O. The molecule has 3 amide bonds. The standard InChI is InChI=1S/C17H31N5O2/c1-2-18-16(19-10-6-5-9-14-7-3-4-8-14)20-11-12-22-15(23)13-21-17(22)24/h14H,2-13H2,1H3,(H,21,24)(H2,18,19,20). The number of aliphatic imine (C=N–C) groups is 1. The Kier molecular flexibility index (Phi) is 7.85. The zero-order chi connectivity index (χ0) is 17.2. The van der Waals surface area contributed by atoms with E-state index in [4.69, 9.17) is 0 Å². The summed E-state index contributed by atoms with van der Waals surface area (Å²) in [5.74, 6) is 1.53. The number of nitrogens with one attached hydrogen (secondary N) is 3. The lowest BCUT2D eigenvalue weighted by atomic mass is 10.0. The van der Waals surface area contributed by atoms with Gasteiger partial charge in [0.15, 0.2) is 5.96 Å². The molecular formula is C17H31N5O2. The Morgan fingerprint density at radius 3 is 2.71 bits per heavy atom. The molecule has 0 bridgehead atoms. The lowest BCUT2D eigenvalue weighted by Gasteiger charge is -2.15. The van der Waals surface area contributed by atoms with E-state index in [1.54, 1.807) is 0 Å². The summed E-state index contributed by atoms with van der Waals surface area (Å²) in [6.07, 6.45) is 9.35. The number of carbonyl (C=O) groups excluding carboxylic acids is 2. The van der Waals surface area contributed by atoms with Crippen LogP contribution in [0.3, 0.4) is 0 Å². The Balaban J connectivity index is 1.62. The van der Waals surface area contributed by atoms with Crippen LogP contribution in [0.4, 0.5) is 4.79 Å². The van der Waals surface area contributed by atoms with Crippen LogP contribution in [0.5, 0.6) is 0 Å². The van der Waals surface area contributed by atoms with E-state index in [0.29, 0.717) is 13.1 Å². The first kappa shape index (κ1) is 18.5. The Morgan fingerprint density at radius 2 is 2.04 bits per heavy atom. The summed E-state index contributed by atoms with van der Waals surface area (Å²) in [6.45, 7) is 4.59. The first-order chi connectivity index (χ1) is 11.7. The van der Waals surface area contributed by atoms with E-state index in [-0.39, 0.29) is 18.5 Å². The minimum Gasteiger partial charge on any atom is -0.357 e. The number of amides is 3. The van der Waals surface area contributed by atoms with Gasteiger partial charge in [-0.1, -0.05) is 38.5 Å². The third-order valence-electron chi connectivity index (χ3n) is 4.67. The predicted octanol–water partition coefficient (Wildman–Crippen LogP) is 1.45. The summed E-state index contributed by atoms with van der Waals surface area (Å²) in [4.78, 5) is 28.8. The molecule has 0 aromatic rings. The quantitative estimate of drug-likeness (QED) is 0.257. The number of guanidine groups is 1. The lowest BCUT2D eigenvalue weighted by Crippen LogP contribution is -2.43. The maximum absolute atomic E-state index is 11.5. The van der Waals surface area contributed by atoms with Crippen molar-refractivity contribution in [1.82, 2.24) is 20.9 Å². The molecule has 3 N–H and O–H groups in total. The molecule has 1 saturated heterocycles. The van der Waals surface area contributed by atoms with Gasteiger partial charge >= 0.3 is 6.03 Å². The van der Waals surface area contributed by atoms with Crippen molar-refractivity contribution in [3.63, 3.8) is 0 Å². The van der Waals surface area contributed by atoms with Crippen molar-refractivity contribution in [2.24, 2.45) is 10.9 Å². The van der Waals surface area contributed by atoms with E-state index in [1.165, 1.54) is 43.4 Å². The Morgan fingerprint density at radius 1 is 1.25 bits per heavy atom. The average Bonchev–Trinajstić information content (AvgIpc) is 3.19. The van der Waals surface area contributed by atoms with Gasteiger partial charge in [0.25, 0.3) is 0 Å². The zero-order valence-electron chi connectivity index (χ0n) is 14.8. The Labute approximate surface area is 144 Å². The summed E-state index contributed by atoms with van der Waals surface area (Å²) in [7, 11) is 0. The van der Waals surface area contributed by atoms with E-state index in [0.717, 1.165) is 31.4 Å². The van der Waals surface area contributed by atoms with Gasteiger partial charge < -0.3 is 16.0 Å². The first-order valence-corrected chi connectivity index (χ1v) is 9.31. The van der Waals surface area contributed by atoms with Crippen LogP contribution in [0.25, 0.3) is 0 Å². The van der Waals surface area contributed by atoms with Crippen molar-refractivity contribution in [2.75, 3.05) is 32.7 Å². The van der Waals surface area contributed by atoms with Gasteiger partial charge in [-0.25, -0.2) is 4.79 Å². The molecule has 1 saturated carbocycles. The van der Waals surface area contributed by atoms with Crippen LogP contribution in [0.15, 0.2) is 4.99 Å². The van der Waals surface area contributed by atoms with Crippen molar-refractivity contribution in [3.05, 3.63) is 0 Å². The van der Waals surface area contributed by atoms with Crippen LogP contribution in [-0.2, 0) is 4.79 Å². The van der Waals surface area contributed by atoms with E-state index in [2.05, 4.69) is 20.9 Å². The molecule has 7 heteroatoms. The average molecular weight is 337 g/mol. The summed E-state index contributed by atoms with van der Waals surface area (Å²) < 4.78 is 0. The molecule has 0 spiro atoms. The van der Waals surface area contributed by atoms with Crippen LogP contribution in [0.2, 0.25) is 0 Å². The number of rotatable bonds is 9. The number of imide groups is 1. The van der Waals surface area contributed by atoms with Gasteiger partial charge in [0.05, 0.1) is 6.54 Å². The zero-order valence-corrected chi connectivity index (χ0v) is 14.8. The topological polar surface area (TPSA) is 85.8 Å². The number of urea groups is 1. The Bertz CT molecular complexity index is 430. The van der Waals surface area contributed by atoms with Gasteiger partial charge in [0.1, 0.15) is 0 Å². The van der Waals surface area contributed by atoms with Crippen LogP contribution >= 0.6 is 0 Å². The molecule has 2 rings (SSSR count). The molecule has 0 atom stereocenters. The van der Waals surface area contributed by atoms with Crippen LogP contribution < -0.4 is 16.0 Å². The highest BCUT2D eigenvalue weighted by atomic mass is 16.2. The molecule has 0 aromatic carbocycles. The molecule has 24 heavy (non-hydrogen) atoms. The molecular weight excluding hydrogens is 306 g/mol. The molecule has 0 aromatic heterocycles. The summed E-state index contributed by atoms with van der Waals surface area (Å²) in [5.41, 5.74) is 0. The third-order valence-corrected chi connectivity index (χ3v) is 4.67. The predicted molar refractivity (Wildman–Crippen MR) is 94.9 cm³/mol. The third kappa shape index (κ3) is 6.02. The fraction of sp³-hybridized carbons (Fsp3) is 0.824. The minimum atomic E-state index is -0.310. The highest BCUT2D eigenvalue weighted by Gasteiger charge is 2.27. The molecule has 1 aliphatic carbocycles. The molecule has 1 heterocycles. The van der Waals surface area contributed by atoms with E-state index in [9.17, 15) is 9.59 Å². The second-order valence-electron chi connectivity index (χ2n) is 6.54. The van der Waals surface area contributed by atoms with Crippen LogP contribution in [0, 0.1) is 5.92 Å². The first-order valence-electron chi connectivity index (χ1n) is 9.31. The summed E-state index contributed by atoms with van der Waals surface area (Å²) >= 11 is 0. The van der Waals surface area contributed by atoms with Gasteiger partial charge in [-0.3, -0.25) is 14.7 Å². The molecule has 1 aliphatic heterocycles. The normalized spacial score (nSPS) is 19.0. The largest absolute Gasteiger partial charge is 0.357 e. The van der Waals surface area contributed by atoms with E-state index >= 15 is 0 Å². The summed E-state index contributed by atoms with van der Waals surface area (Å²) in [6, 6.07) is -0.310. The summed E-state index contributed by atoms with van der Waals surface area (Å²) in [5, 5.41) is 8.90. The van der Waals surface area contributed by atoms with Crippen molar-refractivity contribution in [1.29, 1.82) is 0 Å². The smallest absolute Gasteiger partial charge is 0.324 e. The number of nitrogens with zero attached hydrogens (tertiary/aromatic N) is 2. The van der Waals surface area contributed by atoms with Gasteiger partial charge in [-0.15, -0.1) is 0 Å². The minimum absolute atomic E-state index is 0.105. The van der Waals surface area contributed by atoms with Crippen molar-refractivity contribution in [3.8, 4) is 0 Å². The molecule has 7 nitrogen and oxygen atoms in total. The van der Waals surface area contributed by atoms with Crippen LogP contribution in [-0.4, -0.2) is 55.5 Å². The second kappa shape index (κ2) is 10.2. The van der Waals surface area contributed by atoms with Gasteiger partial charge in [-0.2, -0.15) is 0 Å². The maximum atomic E-state index is 11.5. The van der Waals surface area contributed by atoms with Crippen molar-refractivity contribution in [2.45, 2.75) is 51.9 Å². The number of unbranched alkanes of at least 4 members (excludes halogenated alkanes) is 1. The van der Waals surface area contributed by atoms with Crippen molar-refractivity contribution < 1.29 is 9.59 Å². The molecule has 2 aliphatic rings. The fourth-order valence-electron chi connectivity index (χ4n) is 3.34. The highest BCUT2D eigenvalue weighted by molar-refractivity contribution is 6.01. The number of hydrogen-bond donors (Lipinski definition) is 3. The van der Waals surface area contributed by atoms with Gasteiger partial charge in [0, 0.05) is 26.2 Å².